The zero-order valence-electron chi connectivity index (χ0n) is 32.3. The standard InChI is InChI=1S/C49H53N3/c1-9-50(10-2)41-24-19-37(20-25-41)49(48-35(7)29-43(30-36(48)8)51(11-3)12-4)40-28-34(6)27-39(31-40)38-21-26-47-45(32-38)44-15-13-14-16-46(44)52(47)42-22-17-33(5)18-23-42/h13-32,49H,9-12H2,1-8H3. The molecule has 0 fully saturated rings. The fourth-order valence-electron chi connectivity index (χ4n) is 8.44. The lowest BCUT2D eigenvalue weighted by molar-refractivity contribution is 0.859. The number of rotatable bonds is 11. The highest BCUT2D eigenvalue weighted by Crippen LogP contribution is 2.41. The van der Waals surface area contributed by atoms with E-state index in [1.807, 2.05) is 0 Å². The van der Waals surface area contributed by atoms with Gasteiger partial charge >= 0.3 is 0 Å². The van der Waals surface area contributed by atoms with Gasteiger partial charge in [0.15, 0.2) is 0 Å². The zero-order chi connectivity index (χ0) is 36.5. The lowest BCUT2D eigenvalue weighted by Gasteiger charge is -2.28. The van der Waals surface area contributed by atoms with Crippen LogP contribution in [0, 0.1) is 27.7 Å². The van der Waals surface area contributed by atoms with Gasteiger partial charge in [-0.05, 0) is 149 Å². The second-order valence-electron chi connectivity index (χ2n) is 14.4. The van der Waals surface area contributed by atoms with Crippen LogP contribution in [0.4, 0.5) is 11.4 Å². The van der Waals surface area contributed by atoms with E-state index >= 15 is 0 Å². The number of fused-ring (bicyclic) bond motifs is 3. The molecule has 1 aromatic heterocycles. The van der Waals surface area contributed by atoms with Gasteiger partial charge in [0.1, 0.15) is 0 Å². The summed E-state index contributed by atoms with van der Waals surface area (Å²) in [4.78, 5) is 4.87. The van der Waals surface area contributed by atoms with Gasteiger partial charge in [0.05, 0.1) is 11.0 Å². The van der Waals surface area contributed by atoms with Crippen molar-refractivity contribution in [1.82, 2.24) is 4.57 Å². The van der Waals surface area contributed by atoms with Crippen molar-refractivity contribution >= 4 is 33.2 Å². The molecule has 0 radical (unpaired) electrons. The molecule has 0 aliphatic heterocycles. The summed E-state index contributed by atoms with van der Waals surface area (Å²) in [5.41, 5.74) is 18.0. The fraction of sp³-hybridized carbons (Fsp3) is 0.265. The number of benzene rings is 6. The molecule has 1 unspecified atom stereocenters. The zero-order valence-corrected chi connectivity index (χ0v) is 32.3. The molecule has 7 rings (SSSR count). The van der Waals surface area contributed by atoms with Crippen LogP contribution < -0.4 is 9.80 Å². The molecule has 3 nitrogen and oxygen atoms in total. The van der Waals surface area contributed by atoms with Gasteiger partial charge in [0, 0.05) is 59.9 Å². The molecule has 1 heterocycles. The second-order valence-corrected chi connectivity index (χ2v) is 14.4. The molecule has 0 bridgehead atoms. The Kier molecular flexibility index (Phi) is 9.97. The largest absolute Gasteiger partial charge is 0.372 e. The summed E-state index contributed by atoms with van der Waals surface area (Å²) in [6.45, 7) is 22.0. The summed E-state index contributed by atoms with van der Waals surface area (Å²) in [6.07, 6.45) is 0. The Morgan fingerprint density at radius 2 is 1.10 bits per heavy atom. The van der Waals surface area contributed by atoms with E-state index in [2.05, 4.69) is 191 Å². The van der Waals surface area contributed by atoms with E-state index in [1.165, 1.54) is 88.9 Å². The SMILES string of the molecule is CCN(CC)c1ccc(C(c2cc(C)cc(-c3ccc4c(c3)c3ccccc3n4-c3ccc(C)cc3)c2)c2c(C)cc(N(CC)CC)cc2C)cc1. The van der Waals surface area contributed by atoms with Crippen molar-refractivity contribution in [2.45, 2.75) is 61.3 Å². The van der Waals surface area contributed by atoms with Crippen LogP contribution in [0.1, 0.15) is 72.6 Å². The monoisotopic (exact) mass is 683 g/mol. The van der Waals surface area contributed by atoms with Crippen molar-refractivity contribution < 1.29 is 0 Å². The maximum Gasteiger partial charge on any atom is 0.0541 e. The summed E-state index contributed by atoms with van der Waals surface area (Å²) >= 11 is 0. The highest BCUT2D eigenvalue weighted by atomic mass is 15.1. The summed E-state index contributed by atoms with van der Waals surface area (Å²) < 4.78 is 2.40. The van der Waals surface area contributed by atoms with Crippen LogP contribution in [0.15, 0.2) is 121 Å². The number of anilines is 2. The first-order valence-electron chi connectivity index (χ1n) is 19.2. The Morgan fingerprint density at radius 1 is 0.481 bits per heavy atom. The second kappa shape index (κ2) is 14.8. The fourth-order valence-corrected chi connectivity index (χ4v) is 8.44. The van der Waals surface area contributed by atoms with Gasteiger partial charge in [0.2, 0.25) is 0 Å². The van der Waals surface area contributed by atoms with Crippen molar-refractivity contribution in [3.05, 3.63) is 160 Å². The van der Waals surface area contributed by atoms with Crippen LogP contribution in [0.5, 0.6) is 0 Å². The van der Waals surface area contributed by atoms with Gasteiger partial charge < -0.3 is 14.4 Å². The Morgan fingerprint density at radius 3 is 1.75 bits per heavy atom. The van der Waals surface area contributed by atoms with Crippen LogP contribution in [0.25, 0.3) is 38.6 Å². The molecule has 0 N–H and O–H groups in total. The van der Waals surface area contributed by atoms with Crippen LogP contribution in [0.2, 0.25) is 0 Å². The molecular weight excluding hydrogens is 631 g/mol. The highest BCUT2D eigenvalue weighted by molar-refractivity contribution is 6.10. The molecule has 3 heteroatoms. The Bertz CT molecular complexity index is 2310. The van der Waals surface area contributed by atoms with Gasteiger partial charge in [-0.25, -0.2) is 0 Å². The third-order valence-electron chi connectivity index (χ3n) is 11.1. The lowest BCUT2D eigenvalue weighted by atomic mass is 9.79. The van der Waals surface area contributed by atoms with E-state index in [4.69, 9.17) is 0 Å². The molecule has 0 spiro atoms. The van der Waals surface area contributed by atoms with Gasteiger partial charge in [-0.15, -0.1) is 0 Å². The van der Waals surface area contributed by atoms with Crippen molar-refractivity contribution in [1.29, 1.82) is 0 Å². The molecule has 7 aromatic rings. The van der Waals surface area contributed by atoms with Gasteiger partial charge in [-0.1, -0.05) is 77.9 Å². The molecule has 0 amide bonds. The molecular formula is C49H53N3. The quantitative estimate of drug-likeness (QED) is 0.126. The van der Waals surface area contributed by atoms with E-state index in [0.717, 1.165) is 26.2 Å². The molecule has 0 saturated heterocycles. The number of hydrogen-bond donors (Lipinski definition) is 0. The molecule has 0 saturated carbocycles. The third kappa shape index (κ3) is 6.50. The average molecular weight is 684 g/mol. The van der Waals surface area contributed by atoms with E-state index in [-0.39, 0.29) is 5.92 Å². The maximum absolute atomic E-state index is 2.45. The minimum absolute atomic E-state index is 0.0994. The third-order valence-corrected chi connectivity index (χ3v) is 11.1. The van der Waals surface area contributed by atoms with E-state index < -0.39 is 0 Å². The van der Waals surface area contributed by atoms with Crippen molar-refractivity contribution in [3.8, 4) is 16.8 Å². The van der Waals surface area contributed by atoms with Crippen molar-refractivity contribution in [2.75, 3.05) is 36.0 Å². The molecule has 0 aliphatic carbocycles. The minimum atomic E-state index is 0.0994. The normalized spacial score (nSPS) is 12.1. The number of para-hydroxylation sites is 1. The first-order chi connectivity index (χ1) is 25.2. The van der Waals surface area contributed by atoms with Gasteiger partial charge in [-0.2, -0.15) is 0 Å². The van der Waals surface area contributed by atoms with Gasteiger partial charge in [-0.3, -0.25) is 0 Å². The van der Waals surface area contributed by atoms with Crippen LogP contribution >= 0.6 is 0 Å². The average Bonchev–Trinajstić information content (AvgIpc) is 3.48. The summed E-state index contributed by atoms with van der Waals surface area (Å²) in [6, 6.07) is 46.1. The minimum Gasteiger partial charge on any atom is -0.372 e. The first kappa shape index (κ1) is 35.1. The Hall–Kier alpha value is -5.28. The van der Waals surface area contributed by atoms with Crippen LogP contribution in [0.3, 0.4) is 0 Å². The van der Waals surface area contributed by atoms with Crippen LogP contribution in [-0.4, -0.2) is 30.7 Å². The number of aromatic nitrogens is 1. The molecule has 52 heavy (non-hydrogen) atoms. The molecule has 1 atom stereocenters. The van der Waals surface area contributed by atoms with Crippen molar-refractivity contribution in [2.24, 2.45) is 0 Å². The maximum atomic E-state index is 2.45. The number of hydrogen-bond acceptors (Lipinski definition) is 2. The molecule has 264 valence electrons. The van der Waals surface area contributed by atoms with Gasteiger partial charge in [0.25, 0.3) is 0 Å². The summed E-state index contributed by atoms with van der Waals surface area (Å²) in [7, 11) is 0. The topological polar surface area (TPSA) is 11.4 Å². The predicted molar refractivity (Wildman–Crippen MR) is 226 cm³/mol. The van der Waals surface area contributed by atoms with Crippen molar-refractivity contribution in [3.63, 3.8) is 0 Å². The molecule has 0 aliphatic rings. The molecule has 6 aromatic carbocycles. The first-order valence-corrected chi connectivity index (χ1v) is 19.2. The smallest absolute Gasteiger partial charge is 0.0541 e. The van der Waals surface area contributed by atoms with Crippen LogP contribution in [-0.2, 0) is 0 Å². The van der Waals surface area contributed by atoms with E-state index in [1.54, 1.807) is 0 Å². The van der Waals surface area contributed by atoms with E-state index in [0.29, 0.717) is 0 Å². The van der Waals surface area contributed by atoms with E-state index in [9.17, 15) is 0 Å². The Balaban J connectivity index is 1.40. The lowest BCUT2D eigenvalue weighted by Crippen LogP contribution is -2.22. The Labute approximate surface area is 311 Å². The summed E-state index contributed by atoms with van der Waals surface area (Å²) in [5.74, 6) is 0.0994. The number of nitrogens with zero attached hydrogens (tertiary/aromatic N) is 3. The highest BCUT2D eigenvalue weighted by Gasteiger charge is 2.24. The predicted octanol–water partition coefficient (Wildman–Crippen LogP) is 12.6. The number of aryl methyl sites for hydroxylation is 4. The summed E-state index contributed by atoms with van der Waals surface area (Å²) in [5, 5.41) is 2.55.